The summed E-state index contributed by atoms with van der Waals surface area (Å²) in [6.07, 6.45) is 6.13. The Morgan fingerprint density at radius 3 is 2.28 bits per heavy atom. The van der Waals surface area contributed by atoms with Gasteiger partial charge in [-0.25, -0.2) is 0 Å². The minimum atomic E-state index is 0. The van der Waals surface area contributed by atoms with Crippen molar-refractivity contribution in [1.29, 1.82) is 0 Å². The molecule has 2 unspecified atom stereocenters. The van der Waals surface area contributed by atoms with Crippen molar-refractivity contribution in [2.45, 2.75) is 64.1 Å². The molecule has 2 saturated heterocycles. The first-order valence-corrected chi connectivity index (χ1v) is 11.7. The van der Waals surface area contributed by atoms with E-state index in [4.69, 9.17) is 9.47 Å². The molecule has 0 aromatic heterocycles. The van der Waals surface area contributed by atoms with Gasteiger partial charge in [-0.05, 0) is 46.1 Å². The Bertz CT molecular complexity index is 702. The van der Waals surface area contributed by atoms with Gasteiger partial charge in [-0.15, -0.1) is 24.0 Å². The third-order valence-corrected chi connectivity index (χ3v) is 6.75. The Hall–Kier alpha value is -1.42. The van der Waals surface area contributed by atoms with Crippen LogP contribution in [0.4, 0.5) is 5.69 Å². The molecule has 2 N–H and O–H groups in total. The fraction of sp³-hybridized carbons (Fsp3) is 0.708. The highest BCUT2D eigenvalue weighted by Gasteiger charge is 2.24. The van der Waals surface area contributed by atoms with Crippen LogP contribution in [0.15, 0.2) is 23.2 Å². The predicted octanol–water partition coefficient (Wildman–Crippen LogP) is 3.72. The van der Waals surface area contributed by atoms with Crippen LogP contribution in [0.3, 0.4) is 0 Å². The number of halogens is 1. The van der Waals surface area contributed by atoms with E-state index in [1.54, 1.807) is 14.2 Å². The van der Waals surface area contributed by atoms with E-state index in [1.165, 1.54) is 25.8 Å². The second-order valence-electron chi connectivity index (χ2n) is 8.86. The maximum Gasteiger partial charge on any atom is 0.191 e. The lowest BCUT2D eigenvalue weighted by Crippen LogP contribution is -2.53. The van der Waals surface area contributed by atoms with Crippen LogP contribution >= 0.6 is 24.0 Å². The van der Waals surface area contributed by atoms with Gasteiger partial charge in [0.2, 0.25) is 0 Å². The number of benzene rings is 1. The summed E-state index contributed by atoms with van der Waals surface area (Å²) >= 11 is 0. The van der Waals surface area contributed by atoms with Crippen molar-refractivity contribution >= 4 is 35.6 Å². The first-order valence-electron chi connectivity index (χ1n) is 11.7. The van der Waals surface area contributed by atoms with E-state index in [2.05, 4.69) is 51.4 Å². The highest BCUT2D eigenvalue weighted by Crippen LogP contribution is 2.30. The van der Waals surface area contributed by atoms with Crippen LogP contribution in [0, 0.1) is 0 Å². The van der Waals surface area contributed by atoms with Gasteiger partial charge in [0.1, 0.15) is 11.5 Å². The van der Waals surface area contributed by atoms with E-state index < -0.39 is 0 Å². The highest BCUT2D eigenvalue weighted by molar-refractivity contribution is 14.0. The lowest BCUT2D eigenvalue weighted by Gasteiger charge is -2.38. The average molecular weight is 560 g/mol. The maximum atomic E-state index is 5.43. The van der Waals surface area contributed by atoms with E-state index in [0.717, 1.165) is 55.6 Å². The van der Waals surface area contributed by atoms with Crippen molar-refractivity contribution in [3.8, 4) is 11.5 Å². The standard InChI is InChI=1S/C24H41N5O2.HI/c1-18-8-6-7-11-29(18)19(2)17-26-24(25-3)27-20-9-12-28(13-10-20)21-14-22(30-4)16-23(15-21)31-5;/h14-16,18-20H,6-13,17H2,1-5H3,(H2,25,26,27);1H. The van der Waals surface area contributed by atoms with Crippen LogP contribution < -0.4 is 25.0 Å². The zero-order valence-corrected chi connectivity index (χ0v) is 22.7. The largest absolute Gasteiger partial charge is 0.497 e. The Labute approximate surface area is 211 Å². The monoisotopic (exact) mass is 559 g/mol. The predicted molar refractivity (Wildman–Crippen MR) is 144 cm³/mol. The fourth-order valence-electron chi connectivity index (χ4n) is 4.78. The second-order valence-corrected chi connectivity index (χ2v) is 8.86. The molecule has 182 valence electrons. The molecule has 0 amide bonds. The average Bonchev–Trinajstić information content (AvgIpc) is 2.81. The molecule has 32 heavy (non-hydrogen) atoms. The number of hydrogen-bond donors (Lipinski definition) is 2. The molecule has 2 heterocycles. The first kappa shape index (κ1) is 26.8. The van der Waals surface area contributed by atoms with Gasteiger partial charge in [-0.3, -0.25) is 9.89 Å². The van der Waals surface area contributed by atoms with E-state index in [0.29, 0.717) is 18.1 Å². The van der Waals surface area contributed by atoms with Gasteiger partial charge < -0.3 is 25.0 Å². The van der Waals surface area contributed by atoms with Crippen molar-refractivity contribution in [3.63, 3.8) is 0 Å². The minimum absolute atomic E-state index is 0. The molecule has 1 aromatic rings. The molecule has 2 aliphatic heterocycles. The molecule has 0 radical (unpaired) electrons. The molecule has 2 fully saturated rings. The van der Waals surface area contributed by atoms with Gasteiger partial charge in [0, 0.05) is 68.7 Å². The van der Waals surface area contributed by atoms with Crippen LogP contribution in [0.2, 0.25) is 0 Å². The number of likely N-dealkylation sites (tertiary alicyclic amines) is 1. The maximum absolute atomic E-state index is 5.43. The van der Waals surface area contributed by atoms with Gasteiger partial charge in [-0.1, -0.05) is 6.42 Å². The molecule has 0 bridgehead atoms. The number of methoxy groups -OCH3 is 2. The summed E-state index contributed by atoms with van der Waals surface area (Å²) in [5.41, 5.74) is 1.15. The third-order valence-electron chi connectivity index (χ3n) is 6.75. The van der Waals surface area contributed by atoms with Crippen LogP contribution in [0.1, 0.15) is 46.0 Å². The number of aliphatic imine (C=N–C) groups is 1. The lowest BCUT2D eigenvalue weighted by molar-refractivity contribution is 0.115. The van der Waals surface area contributed by atoms with Crippen molar-refractivity contribution in [2.24, 2.45) is 4.99 Å². The number of guanidine groups is 1. The van der Waals surface area contributed by atoms with Gasteiger partial charge in [0.15, 0.2) is 5.96 Å². The summed E-state index contributed by atoms with van der Waals surface area (Å²) in [4.78, 5) is 9.50. The van der Waals surface area contributed by atoms with Crippen molar-refractivity contribution < 1.29 is 9.47 Å². The number of rotatable bonds is 7. The molecular formula is C24H42IN5O2. The molecule has 3 rings (SSSR count). The molecule has 1 aromatic carbocycles. The smallest absolute Gasteiger partial charge is 0.191 e. The quantitative estimate of drug-likeness (QED) is 0.302. The number of anilines is 1. The zero-order chi connectivity index (χ0) is 22.2. The zero-order valence-electron chi connectivity index (χ0n) is 20.4. The first-order chi connectivity index (χ1) is 15.0. The van der Waals surface area contributed by atoms with Crippen molar-refractivity contribution in [1.82, 2.24) is 15.5 Å². The number of piperidine rings is 2. The summed E-state index contributed by atoms with van der Waals surface area (Å²) < 4.78 is 10.9. The van der Waals surface area contributed by atoms with Crippen molar-refractivity contribution in [3.05, 3.63) is 18.2 Å². The van der Waals surface area contributed by atoms with Gasteiger partial charge >= 0.3 is 0 Å². The van der Waals surface area contributed by atoms with E-state index in [1.807, 2.05) is 13.1 Å². The summed E-state index contributed by atoms with van der Waals surface area (Å²) in [6, 6.07) is 7.71. The summed E-state index contributed by atoms with van der Waals surface area (Å²) in [6.45, 7) is 8.80. The highest BCUT2D eigenvalue weighted by atomic mass is 127. The molecule has 0 aliphatic carbocycles. The topological polar surface area (TPSA) is 61.4 Å². The molecule has 2 aliphatic rings. The number of hydrogen-bond acceptors (Lipinski definition) is 5. The Kier molecular flexibility index (Phi) is 11.2. The Morgan fingerprint density at radius 1 is 1.06 bits per heavy atom. The Balaban J connectivity index is 0.00000363. The number of ether oxygens (including phenoxy) is 2. The third kappa shape index (κ3) is 7.30. The van der Waals surface area contributed by atoms with E-state index in [-0.39, 0.29) is 24.0 Å². The molecule has 0 spiro atoms. The van der Waals surface area contributed by atoms with Crippen LogP contribution in [0.25, 0.3) is 0 Å². The van der Waals surface area contributed by atoms with Crippen LogP contribution in [0.5, 0.6) is 11.5 Å². The summed E-state index contributed by atoms with van der Waals surface area (Å²) in [5, 5.41) is 7.19. The SMILES string of the molecule is CN=C(NCC(C)N1CCCCC1C)NC1CCN(c2cc(OC)cc(OC)c2)CC1.I. The van der Waals surface area contributed by atoms with E-state index in [9.17, 15) is 0 Å². The minimum Gasteiger partial charge on any atom is -0.497 e. The molecular weight excluding hydrogens is 517 g/mol. The molecule has 7 nitrogen and oxygen atoms in total. The lowest BCUT2D eigenvalue weighted by atomic mass is 10.0. The number of nitrogens with zero attached hydrogens (tertiary/aromatic N) is 3. The normalized spacial score (nSPS) is 21.5. The molecule has 8 heteroatoms. The van der Waals surface area contributed by atoms with Gasteiger partial charge in [0.25, 0.3) is 0 Å². The van der Waals surface area contributed by atoms with Crippen LogP contribution in [-0.4, -0.2) is 76.4 Å². The van der Waals surface area contributed by atoms with E-state index >= 15 is 0 Å². The molecule has 0 saturated carbocycles. The van der Waals surface area contributed by atoms with Crippen LogP contribution in [-0.2, 0) is 0 Å². The fourth-order valence-corrected chi connectivity index (χ4v) is 4.78. The Morgan fingerprint density at radius 2 is 1.72 bits per heavy atom. The summed E-state index contributed by atoms with van der Waals surface area (Å²) in [7, 11) is 5.25. The number of nitrogens with one attached hydrogen (secondary N) is 2. The van der Waals surface area contributed by atoms with Crippen molar-refractivity contribution in [2.75, 3.05) is 52.3 Å². The summed E-state index contributed by atoms with van der Waals surface area (Å²) in [5.74, 6) is 2.57. The second kappa shape index (κ2) is 13.3. The van der Waals surface area contributed by atoms with Gasteiger partial charge in [-0.2, -0.15) is 0 Å². The molecule has 2 atom stereocenters. The van der Waals surface area contributed by atoms with Gasteiger partial charge in [0.05, 0.1) is 14.2 Å².